The molecule has 1 nitrogen and oxygen atoms in total. The van der Waals surface area contributed by atoms with E-state index in [-0.39, 0.29) is 0 Å². The van der Waals surface area contributed by atoms with Crippen LogP contribution in [0.3, 0.4) is 0 Å². The molecule has 0 aromatic heterocycles. The molecule has 0 saturated heterocycles. The molecule has 1 rings (SSSR count). The van der Waals surface area contributed by atoms with Crippen molar-refractivity contribution in [3.05, 3.63) is 47.2 Å². The predicted molar refractivity (Wildman–Crippen MR) is 210 cm³/mol. The zero-order chi connectivity index (χ0) is 33.0. The van der Waals surface area contributed by atoms with E-state index >= 15 is 0 Å². The van der Waals surface area contributed by atoms with Crippen LogP contribution >= 0.6 is 0 Å². The van der Waals surface area contributed by atoms with Gasteiger partial charge in [-0.15, -0.1) is 0 Å². The van der Waals surface area contributed by atoms with Crippen molar-refractivity contribution in [2.24, 2.45) is 0 Å². The number of hydrogen-bond donors (Lipinski definition) is 1. The van der Waals surface area contributed by atoms with Gasteiger partial charge in [0.15, 0.2) is 0 Å². The fraction of sp³-hybridized carbons (Fsp3) is 0.822. The molecule has 0 fully saturated rings. The number of nitrogens with one attached hydrogen (secondary N) is 1. The van der Waals surface area contributed by atoms with E-state index in [4.69, 9.17) is 0 Å². The van der Waals surface area contributed by atoms with Gasteiger partial charge in [-0.1, -0.05) is 230 Å². The van der Waals surface area contributed by atoms with Gasteiger partial charge in [0.2, 0.25) is 0 Å². The highest BCUT2D eigenvalue weighted by Gasteiger charge is 2.09. The first kappa shape index (κ1) is 42.8. The highest BCUT2D eigenvalue weighted by molar-refractivity contribution is 5.18. The lowest BCUT2D eigenvalue weighted by atomic mass is 9.95. The molecular weight excluding hydrogens is 555 g/mol. The Bertz CT molecular complexity index is 724. The molecule has 0 aliphatic rings. The van der Waals surface area contributed by atoms with E-state index in [2.05, 4.69) is 56.4 Å². The molecule has 1 aromatic rings. The molecular formula is C45H83N. The normalized spacial score (nSPS) is 11.3. The molecule has 0 heterocycles. The Morgan fingerprint density at radius 3 is 1.02 bits per heavy atom. The third-order valence-electron chi connectivity index (χ3n) is 10.2. The molecule has 0 aliphatic carbocycles. The quantitative estimate of drug-likeness (QED) is 0.0722. The van der Waals surface area contributed by atoms with Gasteiger partial charge in [-0.3, -0.25) is 0 Å². The van der Waals surface area contributed by atoms with Gasteiger partial charge in [-0.05, 0) is 44.1 Å². The fourth-order valence-electron chi connectivity index (χ4n) is 7.06. The van der Waals surface area contributed by atoms with Crippen molar-refractivity contribution in [2.45, 2.75) is 239 Å². The maximum atomic E-state index is 4.02. The zero-order valence-electron chi connectivity index (χ0n) is 31.9. The molecule has 0 spiro atoms. The summed E-state index contributed by atoms with van der Waals surface area (Å²) >= 11 is 0. The lowest BCUT2D eigenvalue weighted by Crippen LogP contribution is -2.16. The van der Waals surface area contributed by atoms with Crippen molar-refractivity contribution in [1.29, 1.82) is 0 Å². The topological polar surface area (TPSA) is 12.0 Å². The number of hydrogen-bond acceptors (Lipinski definition) is 1. The maximum Gasteiger partial charge on any atom is 0.0397 e. The van der Waals surface area contributed by atoms with Crippen molar-refractivity contribution < 1.29 is 0 Å². The summed E-state index contributed by atoms with van der Waals surface area (Å²) in [5.41, 5.74) is 4.82. The number of allylic oxidation sites excluding steroid dienone is 2. The largest absolute Gasteiger partial charge is 0.384 e. The second-order valence-electron chi connectivity index (χ2n) is 14.7. The average molecular weight is 638 g/mol. The maximum absolute atomic E-state index is 4.02. The van der Waals surface area contributed by atoms with Crippen LogP contribution < -0.4 is 5.32 Å². The monoisotopic (exact) mass is 638 g/mol. The standard InChI is InChI=1S/C45H83N/c1-4-7-10-13-16-19-22-25-28-34-39-44(40-35-29-26-23-20-17-14-11-8-5-2)45(46-42-43-37-32-31-33-38-43)41-36-30-27-24-21-18-15-12-9-6-3/h31-33,37-38,46H,4-30,34-36,39-42H2,1-3H3. The summed E-state index contributed by atoms with van der Waals surface area (Å²) in [6.45, 7) is 7.93. The molecule has 0 unspecified atom stereocenters. The van der Waals surface area contributed by atoms with Gasteiger partial charge < -0.3 is 5.32 Å². The first-order chi connectivity index (χ1) is 22.8. The van der Waals surface area contributed by atoms with Gasteiger partial charge in [0.1, 0.15) is 0 Å². The second-order valence-corrected chi connectivity index (χ2v) is 14.7. The van der Waals surface area contributed by atoms with Gasteiger partial charge in [-0.2, -0.15) is 0 Å². The van der Waals surface area contributed by atoms with Crippen LogP contribution in [-0.4, -0.2) is 0 Å². The molecule has 0 amide bonds. The van der Waals surface area contributed by atoms with E-state index in [0.29, 0.717) is 0 Å². The summed E-state index contributed by atoms with van der Waals surface area (Å²) < 4.78 is 0. The van der Waals surface area contributed by atoms with Crippen LogP contribution in [0.4, 0.5) is 0 Å². The van der Waals surface area contributed by atoms with Crippen LogP contribution in [0.2, 0.25) is 0 Å². The van der Waals surface area contributed by atoms with Crippen molar-refractivity contribution in [3.8, 4) is 0 Å². The zero-order valence-corrected chi connectivity index (χ0v) is 31.9. The minimum absolute atomic E-state index is 0.980. The Morgan fingerprint density at radius 1 is 0.370 bits per heavy atom. The number of unbranched alkanes of at least 4 members (excludes halogenated alkanes) is 27. The van der Waals surface area contributed by atoms with Gasteiger partial charge >= 0.3 is 0 Å². The number of benzene rings is 1. The smallest absolute Gasteiger partial charge is 0.0397 e. The minimum atomic E-state index is 0.980. The average Bonchev–Trinajstić information content (AvgIpc) is 3.08. The van der Waals surface area contributed by atoms with Gasteiger partial charge in [0.05, 0.1) is 0 Å². The van der Waals surface area contributed by atoms with Crippen LogP contribution in [0, 0.1) is 0 Å². The molecule has 268 valence electrons. The summed E-state index contributed by atoms with van der Waals surface area (Å²) in [5, 5.41) is 4.02. The molecule has 0 saturated carbocycles. The van der Waals surface area contributed by atoms with Crippen molar-refractivity contribution in [1.82, 2.24) is 5.32 Å². The summed E-state index contributed by atoms with van der Waals surface area (Å²) in [7, 11) is 0. The van der Waals surface area contributed by atoms with E-state index in [1.165, 1.54) is 217 Å². The predicted octanol–water partition coefficient (Wildman–Crippen LogP) is 16.0. The molecule has 1 heteroatoms. The van der Waals surface area contributed by atoms with E-state index in [0.717, 1.165) is 6.54 Å². The van der Waals surface area contributed by atoms with E-state index < -0.39 is 0 Å². The van der Waals surface area contributed by atoms with Crippen molar-refractivity contribution >= 4 is 0 Å². The van der Waals surface area contributed by atoms with Crippen LogP contribution in [0.5, 0.6) is 0 Å². The summed E-state index contributed by atoms with van der Waals surface area (Å²) in [6.07, 6.45) is 46.6. The van der Waals surface area contributed by atoms with Crippen molar-refractivity contribution in [3.63, 3.8) is 0 Å². The molecule has 0 atom stereocenters. The lowest BCUT2D eigenvalue weighted by molar-refractivity contribution is 0.537. The Labute approximate surface area is 291 Å². The first-order valence-electron chi connectivity index (χ1n) is 21.3. The Morgan fingerprint density at radius 2 is 0.674 bits per heavy atom. The number of rotatable bonds is 36. The Kier molecular flexibility index (Phi) is 32.6. The second kappa shape index (κ2) is 35.1. The van der Waals surface area contributed by atoms with Crippen molar-refractivity contribution in [2.75, 3.05) is 0 Å². The Hall–Kier alpha value is -1.24. The third-order valence-corrected chi connectivity index (χ3v) is 10.2. The van der Waals surface area contributed by atoms with Gasteiger partial charge in [-0.25, -0.2) is 0 Å². The summed E-state index contributed by atoms with van der Waals surface area (Å²) in [4.78, 5) is 0. The molecule has 0 radical (unpaired) electrons. The highest BCUT2D eigenvalue weighted by atomic mass is 14.9. The lowest BCUT2D eigenvalue weighted by Gasteiger charge is -2.19. The minimum Gasteiger partial charge on any atom is -0.384 e. The summed E-state index contributed by atoms with van der Waals surface area (Å²) in [5.74, 6) is 0. The SMILES string of the molecule is CCCCCCCCCCCCC(CCCCCCCCCCCC)=C(CCCCCCCCCCCC)NCc1ccccc1. The van der Waals surface area contributed by atoms with Crippen LogP contribution in [0.25, 0.3) is 0 Å². The molecule has 0 bridgehead atoms. The van der Waals surface area contributed by atoms with Crippen LogP contribution in [0.15, 0.2) is 41.6 Å². The fourth-order valence-corrected chi connectivity index (χ4v) is 7.06. The Balaban J connectivity index is 2.63. The highest BCUT2D eigenvalue weighted by Crippen LogP contribution is 2.25. The first-order valence-corrected chi connectivity index (χ1v) is 21.3. The van der Waals surface area contributed by atoms with Gasteiger partial charge in [0, 0.05) is 12.2 Å². The van der Waals surface area contributed by atoms with Gasteiger partial charge in [0.25, 0.3) is 0 Å². The van der Waals surface area contributed by atoms with E-state index in [9.17, 15) is 0 Å². The van der Waals surface area contributed by atoms with Crippen LogP contribution in [-0.2, 0) is 6.54 Å². The van der Waals surface area contributed by atoms with E-state index in [1.54, 1.807) is 11.3 Å². The molecule has 0 aliphatic heterocycles. The molecule has 1 N–H and O–H groups in total. The summed E-state index contributed by atoms with van der Waals surface area (Å²) in [6, 6.07) is 11.1. The molecule has 1 aromatic carbocycles. The third kappa shape index (κ3) is 27.8. The van der Waals surface area contributed by atoms with E-state index in [1.807, 2.05) is 0 Å². The molecule has 46 heavy (non-hydrogen) atoms. The van der Waals surface area contributed by atoms with Crippen LogP contribution in [0.1, 0.15) is 238 Å².